The van der Waals surface area contributed by atoms with Crippen LogP contribution >= 0.6 is 0 Å². The number of rotatable bonds is 11. The van der Waals surface area contributed by atoms with Gasteiger partial charge in [0.15, 0.2) is 17.3 Å². The number of benzene rings is 1. The van der Waals surface area contributed by atoms with E-state index in [4.69, 9.17) is 23.7 Å². The molecule has 1 saturated heterocycles. The number of carboxylic acid groups (broad SMARTS) is 1. The van der Waals surface area contributed by atoms with Gasteiger partial charge < -0.3 is 33.9 Å². The van der Waals surface area contributed by atoms with Crippen LogP contribution in [0.2, 0.25) is 0 Å². The number of aromatic carboxylic acids is 1. The van der Waals surface area contributed by atoms with Crippen LogP contribution in [-0.4, -0.2) is 61.6 Å². The quantitative estimate of drug-likeness (QED) is 0.467. The van der Waals surface area contributed by atoms with Crippen molar-refractivity contribution in [1.29, 1.82) is 0 Å². The first-order chi connectivity index (χ1) is 15.5. The van der Waals surface area contributed by atoms with Gasteiger partial charge in [-0.15, -0.1) is 0 Å². The van der Waals surface area contributed by atoms with Gasteiger partial charge in [-0.3, -0.25) is 0 Å². The zero-order valence-electron chi connectivity index (χ0n) is 20.5. The normalized spacial score (nSPS) is 21.9. The second kappa shape index (κ2) is 11.5. The number of ether oxygens (including phenoxy) is 5. The van der Waals surface area contributed by atoms with Gasteiger partial charge >= 0.3 is 5.97 Å². The van der Waals surface area contributed by atoms with E-state index in [0.717, 1.165) is 0 Å². The lowest BCUT2D eigenvalue weighted by molar-refractivity contribution is -0.148. The van der Waals surface area contributed by atoms with Crippen molar-refractivity contribution in [2.75, 3.05) is 21.3 Å². The summed E-state index contributed by atoms with van der Waals surface area (Å²) in [6.07, 6.45) is 7.73. The molecule has 1 aromatic carbocycles. The Kier molecular flexibility index (Phi) is 9.34. The molecule has 2 N–H and O–H groups in total. The van der Waals surface area contributed by atoms with Crippen molar-refractivity contribution < 1.29 is 38.7 Å². The highest BCUT2D eigenvalue weighted by atomic mass is 16.8. The Labute approximate surface area is 195 Å². The predicted octanol–water partition coefficient (Wildman–Crippen LogP) is 4.30. The third kappa shape index (κ3) is 6.72. The van der Waals surface area contributed by atoms with Gasteiger partial charge in [0.25, 0.3) is 0 Å². The first-order valence-corrected chi connectivity index (χ1v) is 11.0. The number of carboxylic acids is 1. The van der Waals surface area contributed by atoms with E-state index in [0.29, 0.717) is 29.9 Å². The summed E-state index contributed by atoms with van der Waals surface area (Å²) < 4.78 is 28.3. The molecule has 2 rings (SSSR count). The van der Waals surface area contributed by atoms with Gasteiger partial charge in [-0.2, -0.15) is 0 Å². The fourth-order valence-electron chi connectivity index (χ4n) is 3.95. The van der Waals surface area contributed by atoms with Crippen molar-refractivity contribution >= 4 is 12.0 Å². The van der Waals surface area contributed by atoms with Gasteiger partial charge in [0.1, 0.15) is 11.3 Å². The van der Waals surface area contributed by atoms with Crippen LogP contribution in [0.15, 0.2) is 24.3 Å². The highest BCUT2D eigenvalue weighted by Crippen LogP contribution is 2.41. The third-order valence-corrected chi connectivity index (χ3v) is 5.41. The third-order valence-electron chi connectivity index (χ3n) is 5.41. The topological polar surface area (TPSA) is 104 Å². The molecule has 0 aromatic heterocycles. The van der Waals surface area contributed by atoms with Crippen molar-refractivity contribution in [3.8, 4) is 17.2 Å². The summed E-state index contributed by atoms with van der Waals surface area (Å²) in [6, 6.07) is 1.49. The van der Waals surface area contributed by atoms with E-state index in [1.54, 1.807) is 13.0 Å². The zero-order valence-corrected chi connectivity index (χ0v) is 20.5. The van der Waals surface area contributed by atoms with E-state index in [9.17, 15) is 15.0 Å². The average Bonchev–Trinajstić information content (AvgIpc) is 3.06. The minimum absolute atomic E-state index is 0.0127. The van der Waals surface area contributed by atoms with Gasteiger partial charge in [-0.05, 0) is 33.6 Å². The van der Waals surface area contributed by atoms with Crippen LogP contribution in [0.3, 0.4) is 0 Å². The maximum atomic E-state index is 12.0. The molecule has 4 atom stereocenters. The molecule has 184 valence electrons. The number of hydrogen-bond donors (Lipinski definition) is 2. The molecule has 1 unspecified atom stereocenters. The number of hydrogen-bond acceptors (Lipinski definition) is 7. The molecular weight excluding hydrogens is 428 g/mol. The minimum Gasteiger partial charge on any atom is -0.496 e. The molecule has 1 aliphatic rings. The predicted molar refractivity (Wildman–Crippen MR) is 125 cm³/mol. The summed E-state index contributed by atoms with van der Waals surface area (Å²) in [6.45, 7) is 7.53. The Bertz CT molecular complexity index is 872. The average molecular weight is 465 g/mol. The lowest BCUT2D eigenvalue weighted by atomic mass is 9.96. The molecule has 0 amide bonds. The van der Waals surface area contributed by atoms with Crippen molar-refractivity contribution in [2.24, 2.45) is 5.92 Å². The second-order valence-corrected chi connectivity index (χ2v) is 8.56. The van der Waals surface area contributed by atoms with Crippen LogP contribution in [0.4, 0.5) is 0 Å². The molecule has 0 bridgehead atoms. The van der Waals surface area contributed by atoms with Crippen LogP contribution < -0.4 is 14.2 Å². The van der Waals surface area contributed by atoms with Gasteiger partial charge in [0.2, 0.25) is 0 Å². The van der Waals surface area contributed by atoms with E-state index in [1.807, 2.05) is 39.0 Å². The fraction of sp³-hybridized carbons (Fsp3) is 0.560. The first kappa shape index (κ1) is 26.7. The molecule has 1 fully saturated rings. The minimum atomic E-state index is -1.14. The van der Waals surface area contributed by atoms with E-state index in [2.05, 4.69) is 0 Å². The van der Waals surface area contributed by atoms with Crippen molar-refractivity contribution in [2.45, 2.75) is 64.6 Å². The molecule has 8 nitrogen and oxygen atoms in total. The Morgan fingerprint density at radius 1 is 1.12 bits per heavy atom. The van der Waals surface area contributed by atoms with Crippen LogP contribution in [0, 0.1) is 5.92 Å². The summed E-state index contributed by atoms with van der Waals surface area (Å²) in [4.78, 5) is 12.0. The highest BCUT2D eigenvalue weighted by Gasteiger charge is 2.42. The van der Waals surface area contributed by atoms with Crippen LogP contribution in [0.1, 0.15) is 56.5 Å². The maximum absolute atomic E-state index is 12.0. The number of aliphatic hydroxyl groups is 1. The molecule has 1 aromatic rings. The summed E-state index contributed by atoms with van der Waals surface area (Å²) in [7, 11) is 4.35. The Morgan fingerprint density at radius 3 is 2.33 bits per heavy atom. The van der Waals surface area contributed by atoms with Gasteiger partial charge in [0, 0.05) is 17.5 Å². The molecule has 0 aliphatic carbocycles. The van der Waals surface area contributed by atoms with Gasteiger partial charge in [-0.1, -0.05) is 31.2 Å². The molecule has 0 spiro atoms. The summed E-state index contributed by atoms with van der Waals surface area (Å²) in [5.41, 5.74) is 0.335. The van der Waals surface area contributed by atoms with Crippen molar-refractivity contribution in [3.63, 3.8) is 0 Å². The lowest BCUT2D eigenvalue weighted by Crippen LogP contribution is -2.28. The molecule has 1 heterocycles. The molecule has 0 saturated carbocycles. The molecular formula is C25H36O8. The van der Waals surface area contributed by atoms with Gasteiger partial charge in [-0.25, -0.2) is 4.79 Å². The maximum Gasteiger partial charge on any atom is 0.340 e. The lowest BCUT2D eigenvalue weighted by Gasteiger charge is -2.21. The van der Waals surface area contributed by atoms with Gasteiger partial charge in [0.05, 0.1) is 39.6 Å². The monoisotopic (exact) mass is 464 g/mol. The Morgan fingerprint density at radius 2 is 1.79 bits per heavy atom. The number of carbonyl (C=O) groups is 1. The zero-order chi connectivity index (χ0) is 24.8. The summed E-state index contributed by atoms with van der Waals surface area (Å²) in [5.74, 6) is -0.958. The summed E-state index contributed by atoms with van der Waals surface area (Å²) >= 11 is 0. The van der Waals surface area contributed by atoms with E-state index >= 15 is 0 Å². The second-order valence-electron chi connectivity index (χ2n) is 8.56. The Hall–Kier alpha value is -2.55. The number of aliphatic hydroxyl groups excluding tert-OH is 1. The molecule has 1 aliphatic heterocycles. The standard InChI is InChI=1S/C25H36O8/c1-15(10-8-11-16(2)26)22-18(32-25(3,4)33-22)13-9-12-17-21(24(27)28)19(29-5)14-20(30-6)23(17)31-7/h8-10,12,14-16,18,22,26H,11,13H2,1-7H3,(H,27,28)/b10-8-,12-9+/t15?,16-,18-,22-/m1/s1. The highest BCUT2D eigenvalue weighted by molar-refractivity contribution is 5.97. The Balaban J connectivity index is 2.33. The first-order valence-electron chi connectivity index (χ1n) is 11.0. The van der Waals surface area contributed by atoms with E-state index < -0.39 is 17.9 Å². The number of methoxy groups -OCH3 is 3. The van der Waals surface area contributed by atoms with Crippen molar-refractivity contribution in [3.05, 3.63) is 35.4 Å². The van der Waals surface area contributed by atoms with Crippen LogP contribution in [0.5, 0.6) is 17.2 Å². The SMILES string of the molecule is COc1cc(OC)c(C(=O)O)c(/C=C/C[C@H]2OC(C)(C)O[C@@H]2C(C)/C=C\C[C@@H](C)O)c1OC. The van der Waals surface area contributed by atoms with Crippen LogP contribution in [-0.2, 0) is 9.47 Å². The fourth-order valence-corrected chi connectivity index (χ4v) is 3.95. The summed E-state index contributed by atoms with van der Waals surface area (Å²) in [5, 5.41) is 19.3. The smallest absolute Gasteiger partial charge is 0.340 e. The van der Waals surface area contributed by atoms with Crippen LogP contribution in [0.25, 0.3) is 6.08 Å². The molecule has 33 heavy (non-hydrogen) atoms. The molecule has 0 radical (unpaired) electrons. The van der Waals surface area contributed by atoms with E-state index in [1.165, 1.54) is 27.4 Å². The molecule has 8 heteroatoms. The van der Waals surface area contributed by atoms with E-state index in [-0.39, 0.29) is 29.4 Å². The van der Waals surface area contributed by atoms with Crippen molar-refractivity contribution in [1.82, 2.24) is 0 Å². The largest absolute Gasteiger partial charge is 0.496 e.